The molecule has 3 nitrogen and oxygen atoms in total. The molecule has 1 unspecified atom stereocenters. The molecule has 4 heteroatoms. The number of thioether (sulfide) groups is 1. The van der Waals surface area contributed by atoms with Crippen LogP contribution in [0.2, 0.25) is 0 Å². The Hall–Kier alpha value is -0.220. The first-order valence-electron chi connectivity index (χ1n) is 4.08. The van der Waals surface area contributed by atoms with E-state index in [-0.39, 0.29) is 12.5 Å². The molecule has 0 radical (unpaired) electrons. The maximum absolute atomic E-state index is 11.0. The molecule has 0 aromatic rings. The normalized spacial score (nSPS) is 12.6. The van der Waals surface area contributed by atoms with Crippen LogP contribution in [0.15, 0.2) is 0 Å². The minimum atomic E-state index is -0.0299. The van der Waals surface area contributed by atoms with Gasteiger partial charge >= 0.3 is 0 Å². The van der Waals surface area contributed by atoms with Crippen molar-refractivity contribution in [2.24, 2.45) is 0 Å². The van der Waals surface area contributed by atoms with Crippen LogP contribution in [0.4, 0.5) is 0 Å². The van der Waals surface area contributed by atoms with Crippen LogP contribution in [0.5, 0.6) is 0 Å². The number of carbonyl (C=O) groups is 1. The summed E-state index contributed by atoms with van der Waals surface area (Å²) in [4.78, 5) is 11.0. The van der Waals surface area contributed by atoms with E-state index in [2.05, 4.69) is 12.2 Å². The standard InChI is InChI=1S/C8H17NO2S/c1-4-11-6-8(10)9-5-7(2)12-3/h7H,4-6H2,1-3H3,(H,9,10). The molecule has 0 aliphatic heterocycles. The molecule has 0 aromatic heterocycles. The van der Waals surface area contributed by atoms with Crippen molar-refractivity contribution in [1.82, 2.24) is 5.32 Å². The first-order valence-corrected chi connectivity index (χ1v) is 5.36. The topological polar surface area (TPSA) is 38.3 Å². The monoisotopic (exact) mass is 191 g/mol. The highest BCUT2D eigenvalue weighted by Crippen LogP contribution is 2.01. The summed E-state index contributed by atoms with van der Waals surface area (Å²) in [7, 11) is 0. The third-order valence-corrected chi connectivity index (χ3v) is 2.40. The van der Waals surface area contributed by atoms with Gasteiger partial charge in [-0.25, -0.2) is 0 Å². The van der Waals surface area contributed by atoms with Gasteiger partial charge in [0.1, 0.15) is 6.61 Å². The maximum atomic E-state index is 11.0. The lowest BCUT2D eigenvalue weighted by Crippen LogP contribution is -2.32. The second-order valence-electron chi connectivity index (χ2n) is 2.49. The van der Waals surface area contributed by atoms with Gasteiger partial charge in [0, 0.05) is 18.4 Å². The predicted molar refractivity (Wildman–Crippen MR) is 52.5 cm³/mol. The van der Waals surface area contributed by atoms with Crippen molar-refractivity contribution >= 4 is 17.7 Å². The summed E-state index contributed by atoms with van der Waals surface area (Å²) < 4.78 is 4.94. The van der Waals surface area contributed by atoms with Crippen LogP contribution in [0, 0.1) is 0 Å². The minimum Gasteiger partial charge on any atom is -0.372 e. The van der Waals surface area contributed by atoms with Gasteiger partial charge in [-0.2, -0.15) is 11.8 Å². The van der Waals surface area contributed by atoms with E-state index in [1.165, 1.54) is 0 Å². The molecule has 0 saturated carbocycles. The summed E-state index contributed by atoms with van der Waals surface area (Å²) >= 11 is 1.74. The van der Waals surface area contributed by atoms with E-state index in [9.17, 15) is 4.79 Å². The van der Waals surface area contributed by atoms with Crippen LogP contribution < -0.4 is 5.32 Å². The number of amides is 1. The highest BCUT2D eigenvalue weighted by Gasteiger charge is 2.02. The lowest BCUT2D eigenvalue weighted by Gasteiger charge is -2.09. The van der Waals surface area contributed by atoms with Gasteiger partial charge in [0.25, 0.3) is 0 Å². The highest BCUT2D eigenvalue weighted by atomic mass is 32.2. The molecule has 0 bridgehead atoms. The van der Waals surface area contributed by atoms with Crippen molar-refractivity contribution in [2.45, 2.75) is 19.1 Å². The first-order chi connectivity index (χ1) is 5.70. The molecule has 0 fully saturated rings. The summed E-state index contributed by atoms with van der Waals surface area (Å²) in [5, 5.41) is 3.25. The molecular weight excluding hydrogens is 174 g/mol. The molecule has 0 aliphatic rings. The van der Waals surface area contributed by atoms with Gasteiger partial charge in [-0.15, -0.1) is 0 Å². The molecule has 0 aromatic carbocycles. The quantitative estimate of drug-likeness (QED) is 0.677. The van der Waals surface area contributed by atoms with E-state index in [0.717, 1.165) is 0 Å². The van der Waals surface area contributed by atoms with Crippen molar-refractivity contribution in [3.8, 4) is 0 Å². The molecular formula is C8H17NO2S. The summed E-state index contributed by atoms with van der Waals surface area (Å²) in [5.74, 6) is -0.0299. The number of ether oxygens (including phenoxy) is 1. The Balaban J connectivity index is 3.31. The molecule has 12 heavy (non-hydrogen) atoms. The Bertz CT molecular complexity index is 130. The van der Waals surface area contributed by atoms with Crippen molar-refractivity contribution in [1.29, 1.82) is 0 Å². The van der Waals surface area contributed by atoms with E-state index < -0.39 is 0 Å². The van der Waals surface area contributed by atoms with Crippen LogP contribution >= 0.6 is 11.8 Å². The number of rotatable bonds is 6. The number of nitrogens with one attached hydrogen (secondary N) is 1. The van der Waals surface area contributed by atoms with Gasteiger partial charge in [-0.1, -0.05) is 6.92 Å². The molecule has 0 spiro atoms. The summed E-state index contributed by atoms with van der Waals surface area (Å²) in [5.41, 5.74) is 0. The van der Waals surface area contributed by atoms with Crippen LogP contribution in [-0.2, 0) is 9.53 Å². The molecule has 72 valence electrons. The Morgan fingerprint density at radius 2 is 2.33 bits per heavy atom. The average molecular weight is 191 g/mol. The summed E-state index contributed by atoms with van der Waals surface area (Å²) in [6.45, 7) is 5.43. The van der Waals surface area contributed by atoms with E-state index in [0.29, 0.717) is 18.4 Å². The number of hydrogen-bond donors (Lipinski definition) is 1. The van der Waals surface area contributed by atoms with Crippen LogP contribution in [0.25, 0.3) is 0 Å². The zero-order valence-electron chi connectivity index (χ0n) is 7.92. The van der Waals surface area contributed by atoms with E-state index in [1.807, 2.05) is 13.2 Å². The van der Waals surface area contributed by atoms with Crippen molar-refractivity contribution in [3.05, 3.63) is 0 Å². The summed E-state index contributed by atoms with van der Waals surface area (Å²) in [6, 6.07) is 0. The second kappa shape index (κ2) is 7.43. The second-order valence-corrected chi connectivity index (χ2v) is 3.76. The molecule has 0 saturated heterocycles. The largest absolute Gasteiger partial charge is 0.372 e. The van der Waals surface area contributed by atoms with Crippen molar-refractivity contribution in [2.75, 3.05) is 26.0 Å². The SMILES string of the molecule is CCOCC(=O)NCC(C)SC. The van der Waals surface area contributed by atoms with Crippen LogP contribution in [0.3, 0.4) is 0 Å². The average Bonchev–Trinajstić information content (AvgIpc) is 2.10. The Morgan fingerprint density at radius 1 is 1.67 bits per heavy atom. The molecule has 0 aliphatic carbocycles. The lowest BCUT2D eigenvalue weighted by atomic mass is 10.4. The fourth-order valence-electron chi connectivity index (χ4n) is 0.587. The molecule has 1 atom stereocenters. The maximum Gasteiger partial charge on any atom is 0.246 e. The highest BCUT2D eigenvalue weighted by molar-refractivity contribution is 7.99. The fraction of sp³-hybridized carbons (Fsp3) is 0.875. The smallest absolute Gasteiger partial charge is 0.246 e. The Morgan fingerprint density at radius 3 is 2.83 bits per heavy atom. The third-order valence-electron chi connectivity index (χ3n) is 1.43. The van der Waals surface area contributed by atoms with Crippen LogP contribution in [0.1, 0.15) is 13.8 Å². The van der Waals surface area contributed by atoms with Crippen molar-refractivity contribution < 1.29 is 9.53 Å². The zero-order chi connectivity index (χ0) is 9.40. The molecule has 1 amide bonds. The molecule has 0 heterocycles. The van der Waals surface area contributed by atoms with Gasteiger partial charge in [-0.05, 0) is 13.2 Å². The van der Waals surface area contributed by atoms with E-state index in [1.54, 1.807) is 11.8 Å². The Kier molecular flexibility index (Phi) is 7.29. The van der Waals surface area contributed by atoms with Gasteiger partial charge < -0.3 is 10.1 Å². The molecule has 1 N–H and O–H groups in total. The van der Waals surface area contributed by atoms with Gasteiger partial charge in [0.05, 0.1) is 0 Å². The lowest BCUT2D eigenvalue weighted by molar-refractivity contribution is -0.125. The Labute approximate surface area is 78.2 Å². The zero-order valence-corrected chi connectivity index (χ0v) is 8.74. The van der Waals surface area contributed by atoms with E-state index in [4.69, 9.17) is 4.74 Å². The predicted octanol–water partition coefficient (Wildman–Crippen LogP) is 0.891. The van der Waals surface area contributed by atoms with Gasteiger partial charge in [0.15, 0.2) is 0 Å². The first kappa shape index (κ1) is 11.8. The van der Waals surface area contributed by atoms with Crippen LogP contribution in [-0.4, -0.2) is 37.2 Å². The number of carbonyl (C=O) groups excluding carboxylic acids is 1. The number of hydrogen-bond acceptors (Lipinski definition) is 3. The fourth-order valence-corrected chi connectivity index (χ4v) is 0.837. The third kappa shape index (κ3) is 6.49. The molecule has 0 rings (SSSR count). The van der Waals surface area contributed by atoms with Gasteiger partial charge in [0.2, 0.25) is 5.91 Å². The van der Waals surface area contributed by atoms with E-state index >= 15 is 0 Å². The van der Waals surface area contributed by atoms with Gasteiger partial charge in [-0.3, -0.25) is 4.79 Å². The minimum absolute atomic E-state index is 0.0299. The summed E-state index contributed by atoms with van der Waals surface area (Å²) in [6.07, 6.45) is 2.03. The van der Waals surface area contributed by atoms with Crippen molar-refractivity contribution in [3.63, 3.8) is 0 Å².